The standard InChI is InChI=1S/C17H33N3O4/c1-2-3-4-5-6-7-8-9-10-11-16(22)20-19-14(17(23)24)12-13-15(18)21/h14,19H,2-13H2,1H3,(H2,18,21)(H,20,22)(H,23,24). The van der Waals surface area contributed by atoms with Crippen molar-refractivity contribution in [3.05, 3.63) is 0 Å². The predicted octanol–water partition coefficient (Wildman–Crippen LogP) is 2.25. The van der Waals surface area contributed by atoms with Crippen molar-refractivity contribution >= 4 is 17.8 Å². The van der Waals surface area contributed by atoms with Crippen LogP contribution in [-0.2, 0) is 14.4 Å². The molecule has 1 atom stereocenters. The molecular formula is C17H33N3O4. The van der Waals surface area contributed by atoms with E-state index in [9.17, 15) is 14.4 Å². The summed E-state index contributed by atoms with van der Waals surface area (Å²) in [7, 11) is 0. The number of carbonyl (C=O) groups is 3. The van der Waals surface area contributed by atoms with E-state index in [-0.39, 0.29) is 18.7 Å². The van der Waals surface area contributed by atoms with Gasteiger partial charge >= 0.3 is 5.97 Å². The Labute approximate surface area is 144 Å². The molecule has 0 aliphatic heterocycles. The number of carboxylic acid groups (broad SMARTS) is 1. The van der Waals surface area contributed by atoms with E-state index < -0.39 is 17.9 Å². The van der Waals surface area contributed by atoms with Gasteiger partial charge in [0.1, 0.15) is 6.04 Å². The van der Waals surface area contributed by atoms with Gasteiger partial charge in [-0.05, 0) is 12.8 Å². The number of hydrazine groups is 1. The van der Waals surface area contributed by atoms with Gasteiger partial charge in [0.15, 0.2) is 0 Å². The molecule has 0 spiro atoms. The Balaban J connectivity index is 3.63. The van der Waals surface area contributed by atoms with Gasteiger partial charge in [-0.3, -0.25) is 19.8 Å². The number of nitrogens with two attached hydrogens (primary N) is 1. The SMILES string of the molecule is CCCCCCCCCCCC(=O)NNC(CCC(N)=O)C(=O)O. The first kappa shape index (κ1) is 22.4. The zero-order valence-electron chi connectivity index (χ0n) is 14.8. The first-order valence-electron chi connectivity index (χ1n) is 9.02. The van der Waals surface area contributed by atoms with E-state index >= 15 is 0 Å². The maximum absolute atomic E-state index is 11.7. The molecule has 0 heterocycles. The molecule has 5 N–H and O–H groups in total. The monoisotopic (exact) mass is 343 g/mol. The minimum absolute atomic E-state index is 0.0436. The highest BCUT2D eigenvalue weighted by Crippen LogP contribution is 2.10. The lowest BCUT2D eigenvalue weighted by Gasteiger charge is -2.14. The first-order chi connectivity index (χ1) is 11.5. The van der Waals surface area contributed by atoms with Crippen LogP contribution >= 0.6 is 0 Å². The second-order valence-corrected chi connectivity index (χ2v) is 6.17. The molecule has 0 saturated carbocycles. The van der Waals surface area contributed by atoms with Gasteiger partial charge < -0.3 is 10.8 Å². The molecule has 7 heteroatoms. The molecule has 140 valence electrons. The van der Waals surface area contributed by atoms with Crippen molar-refractivity contribution in [1.29, 1.82) is 0 Å². The summed E-state index contributed by atoms with van der Waals surface area (Å²) in [6, 6.07) is -1.01. The average molecular weight is 343 g/mol. The third-order valence-corrected chi connectivity index (χ3v) is 3.87. The predicted molar refractivity (Wildman–Crippen MR) is 93.0 cm³/mol. The van der Waals surface area contributed by atoms with E-state index in [1.807, 2.05) is 0 Å². The Kier molecular flexibility index (Phi) is 13.9. The zero-order chi connectivity index (χ0) is 18.2. The lowest BCUT2D eigenvalue weighted by Crippen LogP contribution is -2.48. The summed E-state index contributed by atoms with van der Waals surface area (Å²) in [5, 5.41) is 8.98. The quantitative estimate of drug-likeness (QED) is 0.253. The molecule has 2 amide bonds. The van der Waals surface area contributed by atoms with Crippen LogP contribution < -0.4 is 16.6 Å². The molecule has 24 heavy (non-hydrogen) atoms. The zero-order valence-corrected chi connectivity index (χ0v) is 14.8. The molecule has 0 radical (unpaired) electrons. The van der Waals surface area contributed by atoms with Crippen molar-refractivity contribution in [2.45, 2.75) is 90.0 Å². The third kappa shape index (κ3) is 14.0. The number of primary amides is 1. The van der Waals surface area contributed by atoms with Crippen LogP contribution in [0.3, 0.4) is 0 Å². The van der Waals surface area contributed by atoms with Crippen LogP contribution in [0, 0.1) is 0 Å². The van der Waals surface area contributed by atoms with Crippen molar-refractivity contribution in [3.8, 4) is 0 Å². The fourth-order valence-corrected chi connectivity index (χ4v) is 2.37. The number of carbonyl (C=O) groups excluding carboxylic acids is 2. The minimum atomic E-state index is -1.13. The largest absolute Gasteiger partial charge is 0.480 e. The maximum atomic E-state index is 11.7. The van der Waals surface area contributed by atoms with Gasteiger partial charge in [0.2, 0.25) is 11.8 Å². The Morgan fingerprint density at radius 3 is 1.96 bits per heavy atom. The number of unbranched alkanes of at least 4 members (excludes halogenated alkanes) is 8. The Bertz CT molecular complexity index is 375. The fourth-order valence-electron chi connectivity index (χ4n) is 2.37. The van der Waals surface area contributed by atoms with Crippen molar-refractivity contribution in [1.82, 2.24) is 10.9 Å². The minimum Gasteiger partial charge on any atom is -0.480 e. The summed E-state index contributed by atoms with van der Waals surface area (Å²) in [5.74, 6) is -1.92. The average Bonchev–Trinajstić information content (AvgIpc) is 2.52. The van der Waals surface area contributed by atoms with Crippen LogP contribution in [0.2, 0.25) is 0 Å². The second kappa shape index (κ2) is 14.9. The molecule has 0 aromatic heterocycles. The summed E-state index contributed by atoms with van der Waals surface area (Å²) >= 11 is 0. The van der Waals surface area contributed by atoms with Gasteiger partial charge in [-0.1, -0.05) is 58.3 Å². The van der Waals surface area contributed by atoms with Gasteiger partial charge in [0.05, 0.1) is 0 Å². The van der Waals surface area contributed by atoms with Crippen molar-refractivity contribution in [2.75, 3.05) is 0 Å². The topological polar surface area (TPSA) is 122 Å². The number of amides is 2. The molecule has 0 aliphatic carbocycles. The van der Waals surface area contributed by atoms with E-state index in [1.165, 1.54) is 38.5 Å². The number of nitrogens with one attached hydrogen (secondary N) is 2. The van der Waals surface area contributed by atoms with Gasteiger partial charge in [-0.15, -0.1) is 0 Å². The van der Waals surface area contributed by atoms with Gasteiger partial charge in [0.25, 0.3) is 0 Å². The normalized spacial score (nSPS) is 11.9. The molecule has 7 nitrogen and oxygen atoms in total. The van der Waals surface area contributed by atoms with Gasteiger partial charge in [-0.2, -0.15) is 0 Å². The number of hydrogen-bond donors (Lipinski definition) is 4. The fraction of sp³-hybridized carbons (Fsp3) is 0.824. The van der Waals surface area contributed by atoms with E-state index in [0.717, 1.165) is 19.3 Å². The van der Waals surface area contributed by atoms with Crippen LogP contribution in [0.4, 0.5) is 0 Å². The lowest BCUT2D eigenvalue weighted by molar-refractivity contribution is -0.140. The molecule has 0 aliphatic rings. The lowest BCUT2D eigenvalue weighted by atomic mass is 10.1. The smallest absolute Gasteiger partial charge is 0.322 e. The molecule has 0 aromatic carbocycles. The first-order valence-corrected chi connectivity index (χ1v) is 9.02. The van der Waals surface area contributed by atoms with Crippen LogP contribution in [0.25, 0.3) is 0 Å². The van der Waals surface area contributed by atoms with E-state index in [4.69, 9.17) is 10.8 Å². The van der Waals surface area contributed by atoms with Crippen molar-refractivity contribution < 1.29 is 19.5 Å². The molecule has 0 saturated heterocycles. The highest BCUT2D eigenvalue weighted by atomic mass is 16.4. The number of carboxylic acids is 1. The van der Waals surface area contributed by atoms with Crippen LogP contribution in [-0.4, -0.2) is 28.9 Å². The number of hydrogen-bond acceptors (Lipinski definition) is 4. The van der Waals surface area contributed by atoms with Crippen molar-refractivity contribution in [2.24, 2.45) is 5.73 Å². The summed E-state index contributed by atoms with van der Waals surface area (Å²) in [5.41, 5.74) is 9.83. The van der Waals surface area contributed by atoms with Gasteiger partial charge in [0, 0.05) is 12.8 Å². The van der Waals surface area contributed by atoms with Crippen LogP contribution in [0.5, 0.6) is 0 Å². The number of aliphatic carboxylic acids is 1. The molecule has 0 bridgehead atoms. The molecule has 0 fully saturated rings. The number of rotatable bonds is 16. The molecule has 0 rings (SSSR count). The molecular weight excluding hydrogens is 310 g/mol. The maximum Gasteiger partial charge on any atom is 0.322 e. The third-order valence-electron chi connectivity index (χ3n) is 3.87. The molecule has 0 aromatic rings. The highest BCUT2D eigenvalue weighted by Gasteiger charge is 2.18. The van der Waals surface area contributed by atoms with E-state index in [1.54, 1.807) is 0 Å². The van der Waals surface area contributed by atoms with Crippen LogP contribution in [0.1, 0.15) is 84.0 Å². The molecule has 1 unspecified atom stereocenters. The van der Waals surface area contributed by atoms with Gasteiger partial charge in [-0.25, -0.2) is 5.43 Å². The summed E-state index contributed by atoms with van der Waals surface area (Å²) in [4.78, 5) is 33.3. The Morgan fingerprint density at radius 2 is 1.46 bits per heavy atom. The summed E-state index contributed by atoms with van der Waals surface area (Å²) < 4.78 is 0. The van der Waals surface area contributed by atoms with Crippen LogP contribution in [0.15, 0.2) is 0 Å². The van der Waals surface area contributed by atoms with E-state index in [0.29, 0.717) is 6.42 Å². The van der Waals surface area contributed by atoms with E-state index in [2.05, 4.69) is 17.8 Å². The second-order valence-electron chi connectivity index (χ2n) is 6.17. The summed E-state index contributed by atoms with van der Waals surface area (Å²) in [6.07, 6.45) is 10.9. The highest BCUT2D eigenvalue weighted by molar-refractivity contribution is 5.78. The Hall–Kier alpha value is -1.63. The summed E-state index contributed by atoms with van der Waals surface area (Å²) in [6.45, 7) is 2.20. The Morgan fingerprint density at radius 1 is 0.917 bits per heavy atom. The van der Waals surface area contributed by atoms with Crippen molar-refractivity contribution in [3.63, 3.8) is 0 Å².